The van der Waals surface area contributed by atoms with Gasteiger partial charge in [0.25, 0.3) is 5.56 Å². The number of nitrogens with zero attached hydrogens (tertiary/aromatic N) is 3. The minimum Gasteiger partial charge on any atom is -0.389 e. The maximum absolute atomic E-state index is 13.4. The molecule has 2 fully saturated rings. The number of aromatic nitrogens is 3. The van der Waals surface area contributed by atoms with Crippen molar-refractivity contribution < 1.29 is 14.6 Å². The van der Waals surface area contributed by atoms with Crippen molar-refractivity contribution in [2.24, 2.45) is 5.73 Å². The van der Waals surface area contributed by atoms with Crippen molar-refractivity contribution in [2.75, 3.05) is 18.5 Å². The Bertz CT molecular complexity index is 1010. The summed E-state index contributed by atoms with van der Waals surface area (Å²) in [5, 5.41) is 14.0. The van der Waals surface area contributed by atoms with Crippen molar-refractivity contribution in [3.8, 4) is 0 Å². The van der Waals surface area contributed by atoms with Gasteiger partial charge in [-0.1, -0.05) is 0 Å². The first-order valence-electron chi connectivity index (χ1n) is 10.6. The molecule has 9 heteroatoms. The lowest BCUT2D eigenvalue weighted by Crippen LogP contribution is -2.42. The minimum atomic E-state index is -0.651. The highest BCUT2D eigenvalue weighted by atomic mass is 16.5. The lowest BCUT2D eigenvalue weighted by atomic mass is 9.91. The molecule has 2 aliphatic rings. The van der Waals surface area contributed by atoms with E-state index in [9.17, 15) is 14.7 Å². The second-order valence-electron chi connectivity index (χ2n) is 8.41. The fourth-order valence-corrected chi connectivity index (χ4v) is 4.57. The Labute approximate surface area is 174 Å². The minimum absolute atomic E-state index is 0.0603. The van der Waals surface area contributed by atoms with Crippen LogP contribution in [0, 0.1) is 6.92 Å². The summed E-state index contributed by atoms with van der Waals surface area (Å²) >= 11 is 0. The predicted molar refractivity (Wildman–Crippen MR) is 113 cm³/mol. The number of Topliss-reactive ketones (excluding diaryl/α,β-unsaturated/α-hetero) is 1. The van der Waals surface area contributed by atoms with Gasteiger partial charge in [0.1, 0.15) is 5.65 Å². The maximum Gasteiger partial charge on any atom is 0.263 e. The quantitative estimate of drug-likeness (QED) is 0.637. The van der Waals surface area contributed by atoms with Gasteiger partial charge in [-0.2, -0.15) is 4.98 Å². The molecule has 0 unspecified atom stereocenters. The molecule has 3 heterocycles. The Kier molecular flexibility index (Phi) is 5.86. The predicted octanol–water partition coefficient (Wildman–Crippen LogP) is 1.31. The smallest absolute Gasteiger partial charge is 0.263 e. The van der Waals surface area contributed by atoms with Gasteiger partial charge in [-0.25, -0.2) is 4.98 Å². The number of aryl methyl sites for hydroxylation is 1. The number of ketones is 1. The number of hydrogen-bond donors (Lipinski definition) is 3. The number of nitrogens with two attached hydrogens (primary N) is 1. The Hall–Kier alpha value is -2.36. The third-order valence-corrected chi connectivity index (χ3v) is 6.31. The van der Waals surface area contributed by atoms with Crippen molar-refractivity contribution in [1.29, 1.82) is 0 Å². The SMILES string of the molecule is CC(=O)c1c(C)c2cnc(N[C@@H]3CCOC[C@H]3O)nc2n([C@H]2CC[C@H](N)CC2)c1=O. The van der Waals surface area contributed by atoms with Crippen LogP contribution < -0.4 is 16.6 Å². The summed E-state index contributed by atoms with van der Waals surface area (Å²) in [7, 11) is 0. The van der Waals surface area contributed by atoms with Gasteiger partial charge in [0.05, 0.1) is 24.3 Å². The number of ether oxygens (including phenoxy) is 1. The molecular formula is C21H29N5O4. The molecule has 0 aromatic carbocycles. The number of aliphatic hydroxyl groups excluding tert-OH is 1. The largest absolute Gasteiger partial charge is 0.389 e. The fourth-order valence-electron chi connectivity index (χ4n) is 4.57. The second kappa shape index (κ2) is 8.41. The zero-order chi connectivity index (χ0) is 21.4. The van der Waals surface area contributed by atoms with E-state index in [4.69, 9.17) is 10.5 Å². The van der Waals surface area contributed by atoms with E-state index >= 15 is 0 Å². The molecule has 2 atom stereocenters. The average molecular weight is 415 g/mol. The Morgan fingerprint density at radius 2 is 2.03 bits per heavy atom. The molecule has 1 aliphatic heterocycles. The van der Waals surface area contributed by atoms with Crippen LogP contribution in [0.5, 0.6) is 0 Å². The van der Waals surface area contributed by atoms with Crippen LogP contribution in [0.4, 0.5) is 5.95 Å². The molecule has 30 heavy (non-hydrogen) atoms. The van der Waals surface area contributed by atoms with E-state index in [-0.39, 0.29) is 41.6 Å². The lowest BCUT2D eigenvalue weighted by Gasteiger charge is -2.30. The molecule has 2 aromatic heterocycles. The Morgan fingerprint density at radius 3 is 2.70 bits per heavy atom. The van der Waals surface area contributed by atoms with Gasteiger partial charge in [0.2, 0.25) is 5.95 Å². The van der Waals surface area contributed by atoms with Gasteiger partial charge >= 0.3 is 0 Å². The fraction of sp³-hybridized carbons (Fsp3) is 0.619. The molecule has 0 radical (unpaired) electrons. The number of aliphatic hydroxyl groups is 1. The summed E-state index contributed by atoms with van der Waals surface area (Å²) in [6.07, 6.45) is 4.82. The van der Waals surface area contributed by atoms with E-state index in [2.05, 4.69) is 15.3 Å². The Balaban J connectivity index is 1.82. The molecule has 9 nitrogen and oxygen atoms in total. The van der Waals surface area contributed by atoms with Gasteiger partial charge in [-0.3, -0.25) is 14.2 Å². The number of rotatable bonds is 4. The maximum atomic E-state index is 13.4. The third-order valence-electron chi connectivity index (χ3n) is 6.31. The summed E-state index contributed by atoms with van der Waals surface area (Å²) in [5.74, 6) is 0.0947. The van der Waals surface area contributed by atoms with Crippen molar-refractivity contribution in [2.45, 2.75) is 70.2 Å². The standard InChI is InChI=1S/C21H29N5O4/c1-11-15-9-23-21(24-16-7-8-30-10-17(16)28)25-19(15)26(20(29)18(11)12(2)27)14-5-3-13(22)4-6-14/h9,13-14,16-17,28H,3-8,10,22H2,1-2H3,(H,23,24,25)/t13-,14-,16-,17-/m1/s1. The number of carbonyl (C=O) groups is 1. The second-order valence-corrected chi connectivity index (χ2v) is 8.41. The van der Waals surface area contributed by atoms with Crippen LogP contribution in [-0.4, -0.2) is 56.8 Å². The first kappa shape index (κ1) is 20.9. The number of anilines is 1. The van der Waals surface area contributed by atoms with Gasteiger partial charge in [-0.05, 0) is 51.5 Å². The summed E-state index contributed by atoms with van der Waals surface area (Å²) in [4.78, 5) is 34.7. The molecule has 162 valence electrons. The van der Waals surface area contributed by atoms with Crippen LogP contribution in [0.1, 0.15) is 61.0 Å². The van der Waals surface area contributed by atoms with E-state index < -0.39 is 6.10 Å². The summed E-state index contributed by atoms with van der Waals surface area (Å²) in [6, 6.07) is -0.139. The van der Waals surface area contributed by atoms with Crippen molar-refractivity contribution >= 4 is 22.8 Å². The number of hydrogen-bond acceptors (Lipinski definition) is 8. The topological polar surface area (TPSA) is 132 Å². The van der Waals surface area contributed by atoms with E-state index in [1.54, 1.807) is 17.7 Å². The van der Waals surface area contributed by atoms with Gasteiger partial charge < -0.3 is 20.9 Å². The number of carbonyl (C=O) groups excluding carboxylic acids is 1. The zero-order valence-corrected chi connectivity index (χ0v) is 17.4. The van der Waals surface area contributed by atoms with Crippen molar-refractivity contribution in [3.05, 3.63) is 27.7 Å². The molecule has 2 aromatic rings. The molecule has 0 amide bonds. The van der Waals surface area contributed by atoms with Gasteiger partial charge in [0.15, 0.2) is 5.78 Å². The van der Waals surface area contributed by atoms with Gasteiger partial charge in [0, 0.05) is 30.3 Å². The van der Waals surface area contributed by atoms with Crippen molar-refractivity contribution in [1.82, 2.24) is 14.5 Å². The van der Waals surface area contributed by atoms with Crippen molar-refractivity contribution in [3.63, 3.8) is 0 Å². The molecule has 1 saturated carbocycles. The number of nitrogens with one attached hydrogen (secondary N) is 1. The lowest BCUT2D eigenvalue weighted by molar-refractivity contribution is -0.0136. The normalized spacial score (nSPS) is 27.2. The monoisotopic (exact) mass is 415 g/mol. The van der Waals surface area contributed by atoms with E-state index in [1.807, 2.05) is 0 Å². The van der Waals surface area contributed by atoms with Crippen LogP contribution in [0.25, 0.3) is 11.0 Å². The molecule has 1 saturated heterocycles. The average Bonchev–Trinajstić information content (AvgIpc) is 2.71. The highest BCUT2D eigenvalue weighted by molar-refractivity contribution is 5.99. The van der Waals surface area contributed by atoms with Crippen LogP contribution in [0.15, 0.2) is 11.0 Å². The summed E-state index contributed by atoms with van der Waals surface area (Å²) in [5.41, 5.74) is 7.07. The molecule has 4 rings (SSSR count). The third kappa shape index (κ3) is 3.84. The van der Waals surface area contributed by atoms with Crippen LogP contribution >= 0.6 is 0 Å². The van der Waals surface area contributed by atoms with Crippen LogP contribution in [0.2, 0.25) is 0 Å². The first-order valence-corrected chi connectivity index (χ1v) is 10.6. The molecule has 0 bridgehead atoms. The van der Waals surface area contributed by atoms with Crippen LogP contribution in [0.3, 0.4) is 0 Å². The van der Waals surface area contributed by atoms with Gasteiger partial charge in [-0.15, -0.1) is 0 Å². The molecular weight excluding hydrogens is 386 g/mol. The van der Waals surface area contributed by atoms with E-state index in [1.165, 1.54) is 6.92 Å². The summed E-state index contributed by atoms with van der Waals surface area (Å²) in [6.45, 7) is 4.00. The molecule has 4 N–H and O–H groups in total. The molecule has 0 spiro atoms. The summed E-state index contributed by atoms with van der Waals surface area (Å²) < 4.78 is 6.94. The highest BCUT2D eigenvalue weighted by Crippen LogP contribution is 2.30. The molecule has 1 aliphatic carbocycles. The van der Waals surface area contributed by atoms with E-state index in [0.29, 0.717) is 35.6 Å². The van der Waals surface area contributed by atoms with Crippen LogP contribution in [-0.2, 0) is 4.74 Å². The first-order chi connectivity index (χ1) is 14.4. The van der Waals surface area contributed by atoms with E-state index in [0.717, 1.165) is 25.7 Å². The number of pyridine rings is 1. The Morgan fingerprint density at radius 1 is 1.30 bits per heavy atom. The number of fused-ring (bicyclic) bond motifs is 1. The highest BCUT2D eigenvalue weighted by Gasteiger charge is 2.28. The zero-order valence-electron chi connectivity index (χ0n) is 17.4.